The van der Waals surface area contributed by atoms with Crippen LogP contribution >= 0.6 is 0 Å². The number of nitrogens with one attached hydrogen (secondary N) is 1. The molecular formula is C18H22FNO. The molecule has 0 amide bonds. The molecule has 0 saturated heterocycles. The molecule has 0 spiro atoms. The molecule has 0 saturated carbocycles. The fraction of sp³-hybridized carbons (Fsp3) is 0.333. The lowest BCUT2D eigenvalue weighted by Gasteiger charge is -2.22. The van der Waals surface area contributed by atoms with Gasteiger partial charge < -0.3 is 10.4 Å². The lowest BCUT2D eigenvalue weighted by atomic mass is 10.0. The van der Waals surface area contributed by atoms with Crippen molar-refractivity contribution in [1.82, 2.24) is 5.32 Å². The molecule has 2 rings (SSSR count). The van der Waals surface area contributed by atoms with E-state index in [2.05, 4.69) is 5.32 Å². The van der Waals surface area contributed by atoms with Crippen LogP contribution in [0.3, 0.4) is 0 Å². The highest BCUT2D eigenvalue weighted by atomic mass is 19.1. The minimum Gasteiger partial charge on any atom is -0.395 e. The van der Waals surface area contributed by atoms with Gasteiger partial charge in [-0.25, -0.2) is 4.39 Å². The Morgan fingerprint density at radius 1 is 1.14 bits per heavy atom. The fourth-order valence-corrected chi connectivity index (χ4v) is 2.40. The Morgan fingerprint density at radius 2 is 1.86 bits per heavy atom. The summed E-state index contributed by atoms with van der Waals surface area (Å²) in [5.41, 5.74) is 2.71. The molecular weight excluding hydrogens is 265 g/mol. The van der Waals surface area contributed by atoms with Gasteiger partial charge in [0.15, 0.2) is 0 Å². The molecule has 0 fully saturated rings. The van der Waals surface area contributed by atoms with Crippen molar-refractivity contribution in [3.63, 3.8) is 0 Å². The van der Waals surface area contributed by atoms with Crippen LogP contribution < -0.4 is 5.32 Å². The van der Waals surface area contributed by atoms with Crippen LogP contribution in [0, 0.1) is 12.7 Å². The molecule has 2 atom stereocenters. The van der Waals surface area contributed by atoms with Gasteiger partial charge in [-0.15, -0.1) is 0 Å². The number of hydrogen-bond acceptors (Lipinski definition) is 2. The highest BCUT2D eigenvalue weighted by molar-refractivity contribution is 5.25. The Labute approximate surface area is 125 Å². The van der Waals surface area contributed by atoms with Gasteiger partial charge in [-0.3, -0.25) is 0 Å². The number of aliphatic hydroxyl groups is 1. The Bertz CT molecular complexity index is 571. The predicted molar refractivity (Wildman–Crippen MR) is 83.7 cm³/mol. The summed E-state index contributed by atoms with van der Waals surface area (Å²) in [5, 5.41) is 12.9. The highest BCUT2D eigenvalue weighted by Gasteiger charge is 2.14. The van der Waals surface area contributed by atoms with Crippen LogP contribution in [0.15, 0.2) is 48.5 Å². The first-order chi connectivity index (χ1) is 10.1. The van der Waals surface area contributed by atoms with Gasteiger partial charge in [0.2, 0.25) is 0 Å². The van der Waals surface area contributed by atoms with Crippen molar-refractivity contribution < 1.29 is 9.50 Å². The molecule has 2 aromatic rings. The topological polar surface area (TPSA) is 32.3 Å². The quantitative estimate of drug-likeness (QED) is 0.853. The predicted octanol–water partition coefficient (Wildman–Crippen LogP) is 3.39. The molecule has 0 aliphatic rings. The molecule has 0 aliphatic carbocycles. The summed E-state index contributed by atoms with van der Waals surface area (Å²) in [6.45, 7) is 3.79. The molecule has 2 aromatic carbocycles. The number of halogens is 1. The minimum absolute atomic E-state index is 0.0130. The van der Waals surface area contributed by atoms with E-state index in [-0.39, 0.29) is 24.5 Å². The van der Waals surface area contributed by atoms with E-state index in [0.29, 0.717) is 5.56 Å². The molecule has 0 aromatic heterocycles. The zero-order valence-electron chi connectivity index (χ0n) is 12.5. The maximum atomic E-state index is 13.6. The number of aryl methyl sites for hydroxylation is 1. The maximum absolute atomic E-state index is 13.6. The van der Waals surface area contributed by atoms with Crippen molar-refractivity contribution in [2.45, 2.75) is 32.4 Å². The van der Waals surface area contributed by atoms with Crippen LogP contribution in [0.2, 0.25) is 0 Å². The normalized spacial score (nSPS) is 13.9. The summed E-state index contributed by atoms with van der Waals surface area (Å²) in [6.07, 6.45) is 0.746. The standard InChI is InChI=1S/C18H22FNO/c1-13-8-9-16(11-18(13)19)14(2)20-17(12-21)10-15-6-4-3-5-7-15/h3-9,11,14,17,20-21H,10,12H2,1-2H3/t14?,17-/m1/s1. The number of rotatable bonds is 6. The number of hydrogen-bond donors (Lipinski definition) is 2. The van der Waals surface area contributed by atoms with Gasteiger partial charge in [0, 0.05) is 12.1 Å². The summed E-state index contributed by atoms with van der Waals surface area (Å²) in [5.74, 6) is -0.190. The Kier molecular flexibility index (Phi) is 5.48. The van der Waals surface area contributed by atoms with E-state index in [4.69, 9.17) is 0 Å². The van der Waals surface area contributed by atoms with E-state index in [1.807, 2.05) is 43.3 Å². The first-order valence-electron chi connectivity index (χ1n) is 7.27. The van der Waals surface area contributed by atoms with E-state index in [1.165, 1.54) is 5.56 Å². The second-order valence-electron chi connectivity index (χ2n) is 5.47. The van der Waals surface area contributed by atoms with Crippen molar-refractivity contribution in [2.75, 3.05) is 6.61 Å². The molecule has 0 heterocycles. The molecule has 3 heteroatoms. The Morgan fingerprint density at radius 3 is 2.48 bits per heavy atom. The second kappa shape index (κ2) is 7.34. The Balaban J connectivity index is 2.02. The van der Waals surface area contributed by atoms with Gasteiger partial charge in [-0.05, 0) is 43.0 Å². The molecule has 21 heavy (non-hydrogen) atoms. The van der Waals surface area contributed by atoms with Gasteiger partial charge in [-0.2, -0.15) is 0 Å². The van der Waals surface area contributed by atoms with Crippen molar-refractivity contribution in [2.24, 2.45) is 0 Å². The van der Waals surface area contributed by atoms with Crippen LogP contribution in [0.4, 0.5) is 4.39 Å². The van der Waals surface area contributed by atoms with Gasteiger partial charge >= 0.3 is 0 Å². The van der Waals surface area contributed by atoms with Crippen molar-refractivity contribution in [3.05, 3.63) is 71.0 Å². The van der Waals surface area contributed by atoms with Crippen LogP contribution in [0.25, 0.3) is 0 Å². The molecule has 112 valence electrons. The van der Waals surface area contributed by atoms with Crippen LogP contribution in [0.5, 0.6) is 0 Å². The maximum Gasteiger partial charge on any atom is 0.126 e. The second-order valence-corrected chi connectivity index (χ2v) is 5.47. The fourth-order valence-electron chi connectivity index (χ4n) is 2.40. The highest BCUT2D eigenvalue weighted by Crippen LogP contribution is 2.17. The zero-order chi connectivity index (χ0) is 15.2. The van der Waals surface area contributed by atoms with Crippen LogP contribution in [0.1, 0.15) is 29.7 Å². The van der Waals surface area contributed by atoms with Gasteiger partial charge in [0.05, 0.1) is 6.61 Å². The van der Waals surface area contributed by atoms with E-state index in [9.17, 15) is 9.50 Å². The first-order valence-corrected chi connectivity index (χ1v) is 7.27. The first kappa shape index (κ1) is 15.7. The van der Waals surface area contributed by atoms with Crippen LogP contribution in [-0.2, 0) is 6.42 Å². The smallest absolute Gasteiger partial charge is 0.126 e. The van der Waals surface area contributed by atoms with Crippen LogP contribution in [-0.4, -0.2) is 17.8 Å². The van der Waals surface area contributed by atoms with Gasteiger partial charge in [0.1, 0.15) is 5.82 Å². The average molecular weight is 287 g/mol. The molecule has 1 unspecified atom stereocenters. The largest absolute Gasteiger partial charge is 0.395 e. The lowest BCUT2D eigenvalue weighted by molar-refractivity contribution is 0.232. The third-order valence-corrected chi connectivity index (χ3v) is 3.73. The molecule has 0 aliphatic heterocycles. The van der Waals surface area contributed by atoms with Crippen molar-refractivity contribution in [3.8, 4) is 0 Å². The summed E-state index contributed by atoms with van der Waals surface area (Å²) in [6, 6.07) is 15.2. The minimum atomic E-state index is -0.190. The molecule has 2 N–H and O–H groups in total. The Hall–Kier alpha value is -1.71. The van der Waals surface area contributed by atoms with E-state index in [1.54, 1.807) is 19.1 Å². The lowest BCUT2D eigenvalue weighted by Crippen LogP contribution is -2.36. The summed E-state index contributed by atoms with van der Waals surface area (Å²) in [4.78, 5) is 0. The van der Waals surface area contributed by atoms with Gasteiger partial charge in [0.25, 0.3) is 0 Å². The summed E-state index contributed by atoms with van der Waals surface area (Å²) in [7, 11) is 0. The van der Waals surface area contributed by atoms with E-state index < -0.39 is 0 Å². The number of benzene rings is 2. The van der Waals surface area contributed by atoms with Gasteiger partial charge in [-0.1, -0.05) is 42.5 Å². The summed E-state index contributed by atoms with van der Waals surface area (Å²) < 4.78 is 13.6. The van der Waals surface area contributed by atoms with E-state index >= 15 is 0 Å². The number of aliphatic hydroxyl groups excluding tert-OH is 1. The van der Waals surface area contributed by atoms with E-state index in [0.717, 1.165) is 12.0 Å². The monoisotopic (exact) mass is 287 g/mol. The molecule has 0 radical (unpaired) electrons. The SMILES string of the molecule is Cc1ccc(C(C)N[C@@H](CO)Cc2ccccc2)cc1F. The third-order valence-electron chi connectivity index (χ3n) is 3.73. The average Bonchev–Trinajstić information content (AvgIpc) is 2.50. The van der Waals surface area contributed by atoms with Crippen molar-refractivity contribution in [1.29, 1.82) is 0 Å². The zero-order valence-corrected chi connectivity index (χ0v) is 12.5. The molecule has 0 bridgehead atoms. The molecule has 2 nitrogen and oxygen atoms in total. The van der Waals surface area contributed by atoms with Crippen molar-refractivity contribution >= 4 is 0 Å². The summed E-state index contributed by atoms with van der Waals surface area (Å²) >= 11 is 0. The third kappa shape index (κ3) is 4.38.